The number of rotatable bonds is 6. The summed E-state index contributed by atoms with van der Waals surface area (Å²) < 4.78 is 0. The lowest BCUT2D eigenvalue weighted by molar-refractivity contribution is 0.0932. The van der Waals surface area contributed by atoms with Crippen LogP contribution in [0.5, 0.6) is 0 Å². The van der Waals surface area contributed by atoms with Crippen LogP contribution in [-0.4, -0.2) is 39.9 Å². The van der Waals surface area contributed by atoms with Gasteiger partial charge in [-0.25, -0.2) is 4.98 Å². The van der Waals surface area contributed by atoms with E-state index in [-0.39, 0.29) is 5.91 Å². The number of likely N-dealkylation sites (tertiary alicyclic amines) is 1. The number of nitrogens with zero attached hydrogens (tertiary/aromatic N) is 2. The average Bonchev–Trinajstić information content (AvgIpc) is 3.12. The van der Waals surface area contributed by atoms with E-state index in [1.54, 1.807) is 6.20 Å². The zero-order chi connectivity index (χ0) is 15.9. The highest BCUT2D eigenvalue weighted by Crippen LogP contribution is 2.21. The van der Waals surface area contributed by atoms with E-state index in [0.29, 0.717) is 18.3 Å². The summed E-state index contributed by atoms with van der Waals surface area (Å²) in [6.07, 6.45) is 7.84. The molecule has 3 rings (SSSR count). The summed E-state index contributed by atoms with van der Waals surface area (Å²) >= 11 is 0. The Kier molecular flexibility index (Phi) is 5.42. The van der Waals surface area contributed by atoms with Crippen molar-refractivity contribution in [1.82, 2.24) is 20.2 Å². The predicted octanol–water partition coefficient (Wildman–Crippen LogP) is 2.58. The first-order chi connectivity index (χ1) is 11.3. The monoisotopic (exact) mass is 312 g/mol. The van der Waals surface area contributed by atoms with Crippen LogP contribution in [0.15, 0.2) is 42.9 Å². The second-order valence-electron chi connectivity index (χ2n) is 6.12. The molecule has 122 valence electrons. The molecule has 2 N–H and O–H groups in total. The Balaban J connectivity index is 1.49. The first-order valence-corrected chi connectivity index (χ1v) is 8.37. The number of nitrogens with one attached hydrogen (secondary N) is 2. The number of carbonyl (C=O) groups is 1. The van der Waals surface area contributed by atoms with Gasteiger partial charge in [0.05, 0.1) is 12.5 Å². The van der Waals surface area contributed by atoms with Gasteiger partial charge < -0.3 is 10.3 Å². The smallest absolute Gasteiger partial charge is 0.269 e. The molecule has 2 heterocycles. The minimum absolute atomic E-state index is 0.0760. The lowest BCUT2D eigenvalue weighted by Crippen LogP contribution is -2.41. The Labute approximate surface area is 137 Å². The number of carbonyl (C=O) groups excluding carboxylic acids is 1. The van der Waals surface area contributed by atoms with Crippen LogP contribution < -0.4 is 5.32 Å². The highest BCUT2D eigenvalue weighted by molar-refractivity contribution is 5.91. The molecule has 1 atom stereocenters. The molecular formula is C18H24N4O. The van der Waals surface area contributed by atoms with Crippen LogP contribution in [0.25, 0.3) is 0 Å². The fraction of sp³-hybridized carbons (Fsp3) is 0.444. The molecule has 0 bridgehead atoms. The molecule has 1 amide bonds. The third-order valence-electron chi connectivity index (χ3n) is 4.48. The number of H-pyrrole nitrogens is 1. The molecule has 5 heteroatoms. The number of aromatic amines is 1. The molecule has 0 spiro atoms. The molecule has 1 aliphatic heterocycles. The Bertz CT molecular complexity index is 597. The van der Waals surface area contributed by atoms with Crippen molar-refractivity contribution in [2.24, 2.45) is 0 Å². The zero-order valence-electron chi connectivity index (χ0n) is 13.4. The van der Waals surface area contributed by atoms with E-state index in [0.717, 1.165) is 19.5 Å². The zero-order valence-corrected chi connectivity index (χ0v) is 13.4. The minimum Gasteiger partial charge on any atom is -0.351 e. The summed E-state index contributed by atoms with van der Waals surface area (Å²) in [4.78, 5) is 21.2. The van der Waals surface area contributed by atoms with Gasteiger partial charge in [-0.1, -0.05) is 36.8 Å². The molecule has 0 unspecified atom stereocenters. The second-order valence-corrected chi connectivity index (χ2v) is 6.12. The molecule has 0 saturated carbocycles. The average molecular weight is 312 g/mol. The second kappa shape index (κ2) is 7.92. The first-order valence-electron chi connectivity index (χ1n) is 8.37. The maximum atomic E-state index is 11.9. The summed E-state index contributed by atoms with van der Waals surface area (Å²) in [6.45, 7) is 2.85. The summed E-state index contributed by atoms with van der Waals surface area (Å²) in [5.74, 6) is -0.0760. The van der Waals surface area contributed by atoms with Gasteiger partial charge in [-0.2, -0.15) is 0 Å². The maximum absolute atomic E-state index is 11.9. The summed E-state index contributed by atoms with van der Waals surface area (Å²) in [6, 6.07) is 11.2. The van der Waals surface area contributed by atoms with Crippen LogP contribution in [0.1, 0.15) is 41.7 Å². The number of piperidine rings is 1. The van der Waals surface area contributed by atoms with Crippen molar-refractivity contribution < 1.29 is 4.79 Å². The Morgan fingerprint density at radius 1 is 1.30 bits per heavy atom. The standard InChI is InChI=1S/C18H24N4O/c23-18(17-12-19-14-21-17)20-10-9-16-8-4-5-11-22(16)13-15-6-2-1-3-7-15/h1-3,6-7,12,14,16H,4-5,8-11,13H2,(H,19,21)(H,20,23)/t16-/m1/s1. The van der Waals surface area contributed by atoms with Crippen molar-refractivity contribution in [2.75, 3.05) is 13.1 Å². The topological polar surface area (TPSA) is 61.0 Å². The van der Waals surface area contributed by atoms with E-state index >= 15 is 0 Å². The van der Waals surface area contributed by atoms with Crippen LogP contribution in [0.2, 0.25) is 0 Å². The Morgan fingerprint density at radius 2 is 2.17 bits per heavy atom. The van der Waals surface area contributed by atoms with Crippen molar-refractivity contribution in [2.45, 2.75) is 38.3 Å². The van der Waals surface area contributed by atoms with Gasteiger partial charge in [0.1, 0.15) is 5.69 Å². The first kappa shape index (κ1) is 15.7. The maximum Gasteiger partial charge on any atom is 0.269 e. The number of hydrogen-bond donors (Lipinski definition) is 2. The third-order valence-corrected chi connectivity index (χ3v) is 4.48. The highest BCUT2D eigenvalue weighted by atomic mass is 16.1. The van der Waals surface area contributed by atoms with Gasteiger partial charge in [-0.15, -0.1) is 0 Å². The predicted molar refractivity (Wildman–Crippen MR) is 90.0 cm³/mol. The van der Waals surface area contributed by atoms with Crippen LogP contribution >= 0.6 is 0 Å². The van der Waals surface area contributed by atoms with Crippen LogP contribution in [-0.2, 0) is 6.54 Å². The van der Waals surface area contributed by atoms with Crippen molar-refractivity contribution >= 4 is 5.91 Å². The van der Waals surface area contributed by atoms with E-state index in [1.807, 2.05) is 0 Å². The number of aromatic nitrogens is 2. The van der Waals surface area contributed by atoms with Crippen LogP contribution in [0.4, 0.5) is 0 Å². The van der Waals surface area contributed by atoms with Crippen molar-refractivity contribution in [3.63, 3.8) is 0 Å². The van der Waals surface area contributed by atoms with E-state index in [9.17, 15) is 4.79 Å². The van der Waals surface area contributed by atoms with Gasteiger partial charge in [0.15, 0.2) is 0 Å². The van der Waals surface area contributed by atoms with Crippen LogP contribution in [0.3, 0.4) is 0 Å². The molecule has 1 aromatic carbocycles. The van der Waals surface area contributed by atoms with Gasteiger partial charge in [0.2, 0.25) is 0 Å². The minimum atomic E-state index is -0.0760. The van der Waals surface area contributed by atoms with E-state index in [1.165, 1.54) is 31.2 Å². The number of hydrogen-bond acceptors (Lipinski definition) is 3. The molecule has 0 aliphatic carbocycles. The molecule has 1 aromatic heterocycles. The lowest BCUT2D eigenvalue weighted by Gasteiger charge is -2.36. The highest BCUT2D eigenvalue weighted by Gasteiger charge is 2.22. The van der Waals surface area contributed by atoms with Crippen LogP contribution in [0, 0.1) is 0 Å². The normalized spacial score (nSPS) is 18.7. The molecule has 1 fully saturated rings. The lowest BCUT2D eigenvalue weighted by atomic mass is 9.98. The molecule has 0 radical (unpaired) electrons. The number of amides is 1. The summed E-state index contributed by atoms with van der Waals surface area (Å²) in [5, 5.41) is 2.98. The molecule has 1 saturated heterocycles. The van der Waals surface area contributed by atoms with Crippen molar-refractivity contribution in [1.29, 1.82) is 0 Å². The van der Waals surface area contributed by atoms with E-state index < -0.39 is 0 Å². The van der Waals surface area contributed by atoms with E-state index in [2.05, 4.69) is 50.5 Å². The third kappa shape index (κ3) is 4.42. The van der Waals surface area contributed by atoms with Crippen molar-refractivity contribution in [3.8, 4) is 0 Å². The number of benzene rings is 1. The van der Waals surface area contributed by atoms with Gasteiger partial charge in [-0.3, -0.25) is 9.69 Å². The molecule has 5 nitrogen and oxygen atoms in total. The van der Waals surface area contributed by atoms with E-state index in [4.69, 9.17) is 0 Å². The SMILES string of the molecule is O=C(NCC[C@H]1CCCCN1Cc1ccccc1)c1cnc[nH]1. The fourth-order valence-corrected chi connectivity index (χ4v) is 3.24. The number of imidazole rings is 1. The summed E-state index contributed by atoms with van der Waals surface area (Å²) in [7, 11) is 0. The quantitative estimate of drug-likeness (QED) is 0.862. The molecular weight excluding hydrogens is 288 g/mol. The van der Waals surface area contributed by atoms with Crippen molar-refractivity contribution in [3.05, 3.63) is 54.1 Å². The largest absolute Gasteiger partial charge is 0.351 e. The van der Waals surface area contributed by atoms with Gasteiger partial charge in [0.25, 0.3) is 5.91 Å². The molecule has 23 heavy (non-hydrogen) atoms. The Morgan fingerprint density at radius 3 is 2.96 bits per heavy atom. The Hall–Kier alpha value is -2.14. The van der Waals surface area contributed by atoms with Gasteiger partial charge in [-0.05, 0) is 31.4 Å². The fourth-order valence-electron chi connectivity index (χ4n) is 3.24. The molecule has 1 aliphatic rings. The van der Waals surface area contributed by atoms with Gasteiger partial charge >= 0.3 is 0 Å². The van der Waals surface area contributed by atoms with Gasteiger partial charge in [0, 0.05) is 19.1 Å². The molecule has 2 aromatic rings. The summed E-state index contributed by atoms with van der Waals surface area (Å²) in [5.41, 5.74) is 1.88.